The zero-order valence-corrected chi connectivity index (χ0v) is 9.17. The van der Waals surface area contributed by atoms with E-state index in [0.29, 0.717) is 4.88 Å². The molecule has 1 aromatic rings. The molecular weight excluding hydrogens is 216 g/mol. The van der Waals surface area contributed by atoms with E-state index >= 15 is 0 Å². The van der Waals surface area contributed by atoms with Gasteiger partial charge in [0.15, 0.2) is 0 Å². The Bertz CT molecular complexity index is 392. The molecule has 0 unspecified atom stereocenters. The van der Waals surface area contributed by atoms with Crippen LogP contribution in [-0.2, 0) is 14.3 Å². The molecule has 1 rings (SSSR count). The number of esters is 2. The maximum Gasteiger partial charge on any atom is 0.348 e. The first kappa shape index (κ1) is 11.5. The smallest absolute Gasteiger partial charge is 0.348 e. The predicted molar refractivity (Wildman–Crippen MR) is 56.7 cm³/mol. The summed E-state index contributed by atoms with van der Waals surface area (Å²) >= 11 is 1.26. The second-order valence-electron chi connectivity index (χ2n) is 2.59. The van der Waals surface area contributed by atoms with Gasteiger partial charge in [0, 0.05) is 6.08 Å². The van der Waals surface area contributed by atoms with Crippen molar-refractivity contribution in [3.63, 3.8) is 0 Å². The van der Waals surface area contributed by atoms with Crippen molar-refractivity contribution >= 4 is 29.4 Å². The highest BCUT2D eigenvalue weighted by molar-refractivity contribution is 7.12. The second kappa shape index (κ2) is 5.31. The molecule has 0 fully saturated rings. The lowest BCUT2D eigenvalue weighted by molar-refractivity contribution is -0.134. The Kier molecular flexibility index (Phi) is 4.05. The highest BCUT2D eigenvalue weighted by Gasteiger charge is 2.07. The van der Waals surface area contributed by atoms with Crippen molar-refractivity contribution in [2.24, 2.45) is 0 Å². The number of methoxy groups -OCH3 is 2. The molecule has 0 radical (unpaired) electrons. The molecule has 5 heteroatoms. The van der Waals surface area contributed by atoms with Crippen LogP contribution in [0.1, 0.15) is 15.2 Å². The van der Waals surface area contributed by atoms with Gasteiger partial charge in [-0.1, -0.05) is 0 Å². The van der Waals surface area contributed by atoms with Gasteiger partial charge in [0.25, 0.3) is 0 Å². The quantitative estimate of drug-likeness (QED) is 0.581. The molecule has 0 saturated heterocycles. The second-order valence-corrected chi connectivity index (χ2v) is 3.50. The Morgan fingerprint density at radius 2 is 2.07 bits per heavy atom. The van der Waals surface area contributed by atoms with Gasteiger partial charge in [0.2, 0.25) is 0 Å². The molecule has 0 aliphatic rings. The summed E-state index contributed by atoms with van der Waals surface area (Å²) in [6, 6.07) is 1.65. The number of hydrogen-bond acceptors (Lipinski definition) is 5. The number of hydrogen-bond donors (Lipinski definition) is 0. The number of ether oxygens (including phenoxy) is 2. The van der Waals surface area contributed by atoms with Gasteiger partial charge in [-0.05, 0) is 23.1 Å². The van der Waals surface area contributed by atoms with Crippen molar-refractivity contribution in [3.8, 4) is 0 Å². The van der Waals surface area contributed by atoms with Crippen LogP contribution in [-0.4, -0.2) is 26.2 Å². The van der Waals surface area contributed by atoms with Gasteiger partial charge in [-0.2, -0.15) is 0 Å². The average Bonchev–Trinajstić information content (AvgIpc) is 2.73. The maximum atomic E-state index is 11.1. The fourth-order valence-corrected chi connectivity index (χ4v) is 1.67. The molecule has 4 nitrogen and oxygen atoms in total. The van der Waals surface area contributed by atoms with Crippen LogP contribution in [0.5, 0.6) is 0 Å². The largest absolute Gasteiger partial charge is 0.466 e. The summed E-state index contributed by atoms with van der Waals surface area (Å²) in [5.74, 6) is -0.807. The molecule has 1 heterocycles. The third-order valence-corrected chi connectivity index (χ3v) is 2.55. The molecule has 0 saturated carbocycles. The summed E-state index contributed by atoms with van der Waals surface area (Å²) < 4.78 is 8.99. The molecule has 80 valence electrons. The average molecular weight is 226 g/mol. The predicted octanol–water partition coefficient (Wildman–Crippen LogP) is 1.72. The van der Waals surface area contributed by atoms with E-state index in [1.54, 1.807) is 17.5 Å². The van der Waals surface area contributed by atoms with Crippen molar-refractivity contribution < 1.29 is 19.1 Å². The monoisotopic (exact) mass is 226 g/mol. The lowest BCUT2D eigenvalue weighted by Crippen LogP contribution is -1.96. The van der Waals surface area contributed by atoms with Gasteiger partial charge in [-0.25, -0.2) is 9.59 Å². The van der Waals surface area contributed by atoms with Crippen molar-refractivity contribution in [2.75, 3.05) is 14.2 Å². The minimum Gasteiger partial charge on any atom is -0.466 e. The van der Waals surface area contributed by atoms with Crippen LogP contribution in [0.4, 0.5) is 0 Å². The minimum absolute atomic E-state index is 0.377. The van der Waals surface area contributed by atoms with Crippen LogP contribution in [0.3, 0.4) is 0 Å². The van der Waals surface area contributed by atoms with Gasteiger partial charge in [-0.3, -0.25) is 0 Å². The molecule has 1 aromatic heterocycles. The molecule has 0 amide bonds. The summed E-state index contributed by atoms with van der Waals surface area (Å²) in [5.41, 5.74) is 0.769. The third kappa shape index (κ3) is 3.21. The number of carbonyl (C=O) groups is 2. The molecular formula is C10H10O4S. The van der Waals surface area contributed by atoms with Crippen LogP contribution in [0, 0.1) is 0 Å². The molecule has 0 aliphatic carbocycles. The van der Waals surface area contributed by atoms with Crippen molar-refractivity contribution in [1.82, 2.24) is 0 Å². The lowest BCUT2D eigenvalue weighted by atomic mass is 10.3. The van der Waals surface area contributed by atoms with Crippen molar-refractivity contribution in [1.29, 1.82) is 0 Å². The van der Waals surface area contributed by atoms with Crippen molar-refractivity contribution in [3.05, 3.63) is 28.0 Å². The summed E-state index contributed by atoms with van der Waals surface area (Å²) in [5, 5.41) is 1.76. The lowest BCUT2D eigenvalue weighted by Gasteiger charge is -1.91. The Morgan fingerprint density at radius 3 is 2.67 bits per heavy atom. The summed E-state index contributed by atoms with van der Waals surface area (Å²) in [6.07, 6.45) is 2.87. The topological polar surface area (TPSA) is 52.6 Å². The molecule has 0 aromatic carbocycles. The van der Waals surface area contributed by atoms with Crippen LogP contribution >= 0.6 is 11.3 Å². The van der Waals surface area contributed by atoms with Crippen molar-refractivity contribution in [2.45, 2.75) is 0 Å². The standard InChI is InChI=1S/C10H10O4S/c1-13-9(11)4-3-7-5-8(15-6-7)10(12)14-2/h3-6H,1-2H3. The van der Waals surface area contributed by atoms with E-state index in [2.05, 4.69) is 9.47 Å². The fourth-order valence-electron chi connectivity index (χ4n) is 0.878. The maximum absolute atomic E-state index is 11.1. The highest BCUT2D eigenvalue weighted by atomic mass is 32.1. The zero-order chi connectivity index (χ0) is 11.3. The Hall–Kier alpha value is -1.62. The summed E-state index contributed by atoms with van der Waals surface area (Å²) in [4.78, 5) is 22.4. The number of carbonyl (C=O) groups excluding carboxylic acids is 2. The van der Waals surface area contributed by atoms with E-state index in [9.17, 15) is 9.59 Å². The SMILES string of the molecule is COC(=O)C=Cc1csc(C(=O)OC)c1. The minimum atomic E-state index is -0.430. The van der Waals surface area contributed by atoms with Crippen LogP contribution in [0.25, 0.3) is 6.08 Å². The van der Waals surface area contributed by atoms with E-state index in [-0.39, 0.29) is 5.97 Å². The Balaban J connectivity index is 2.72. The van der Waals surface area contributed by atoms with E-state index in [4.69, 9.17) is 0 Å². The first-order chi connectivity index (χ1) is 7.17. The molecule has 0 N–H and O–H groups in total. The number of rotatable bonds is 3. The molecule has 0 bridgehead atoms. The van der Waals surface area contributed by atoms with Crippen LogP contribution in [0.2, 0.25) is 0 Å². The summed E-state index contributed by atoms with van der Waals surface area (Å²) in [7, 11) is 2.63. The Labute approximate surface area is 91.1 Å². The zero-order valence-electron chi connectivity index (χ0n) is 8.35. The van der Waals surface area contributed by atoms with E-state index in [0.717, 1.165) is 5.56 Å². The molecule has 0 spiro atoms. The fraction of sp³-hybridized carbons (Fsp3) is 0.200. The van der Waals surface area contributed by atoms with E-state index < -0.39 is 5.97 Å². The van der Waals surface area contributed by atoms with Gasteiger partial charge >= 0.3 is 11.9 Å². The van der Waals surface area contributed by atoms with E-state index in [1.165, 1.54) is 31.6 Å². The first-order valence-corrected chi connectivity index (χ1v) is 4.98. The number of thiophene rings is 1. The van der Waals surface area contributed by atoms with Gasteiger partial charge < -0.3 is 9.47 Å². The third-order valence-electron chi connectivity index (χ3n) is 1.62. The van der Waals surface area contributed by atoms with Gasteiger partial charge in [0.1, 0.15) is 4.88 Å². The molecule has 0 atom stereocenters. The van der Waals surface area contributed by atoms with Gasteiger partial charge in [0.05, 0.1) is 14.2 Å². The Morgan fingerprint density at radius 1 is 1.33 bits per heavy atom. The van der Waals surface area contributed by atoms with Gasteiger partial charge in [-0.15, -0.1) is 11.3 Å². The molecule has 15 heavy (non-hydrogen) atoms. The molecule has 0 aliphatic heterocycles. The van der Waals surface area contributed by atoms with E-state index in [1.807, 2.05) is 0 Å². The first-order valence-electron chi connectivity index (χ1n) is 4.10. The van der Waals surface area contributed by atoms with Crippen LogP contribution < -0.4 is 0 Å². The van der Waals surface area contributed by atoms with Crippen LogP contribution in [0.15, 0.2) is 17.5 Å². The normalized spacial score (nSPS) is 10.3. The highest BCUT2D eigenvalue weighted by Crippen LogP contribution is 2.16. The summed E-state index contributed by atoms with van der Waals surface area (Å²) in [6.45, 7) is 0.